The van der Waals surface area contributed by atoms with Crippen molar-refractivity contribution < 1.29 is 21.6 Å². The molecule has 0 spiro atoms. The van der Waals surface area contributed by atoms with Crippen LogP contribution in [0.15, 0.2) is 0 Å². The van der Waals surface area contributed by atoms with Gasteiger partial charge in [0, 0.05) is 0 Å². The second kappa shape index (κ2) is 5.50. The monoisotopic (exact) mass is 294 g/mol. The summed E-state index contributed by atoms with van der Waals surface area (Å²) in [4.78, 5) is 2.57. The average molecular weight is 294 g/mol. The molecular weight excluding hydrogens is 276 g/mol. The first-order valence-electron chi connectivity index (χ1n) is 5.94. The highest BCUT2D eigenvalue weighted by molar-refractivity contribution is 8.31. The normalized spacial score (nSPS) is 18.6. The topological polar surface area (TPSA) is 105 Å². The van der Waals surface area contributed by atoms with Crippen LogP contribution in [0.4, 0.5) is 0 Å². The Morgan fingerprint density at radius 3 is 2.00 bits per heavy atom. The molecule has 1 saturated carbocycles. The molecule has 0 radical (unpaired) electrons. The zero-order valence-corrected chi connectivity index (χ0v) is 12.2. The summed E-state index contributed by atoms with van der Waals surface area (Å²) in [7, 11) is -8.15. The van der Waals surface area contributed by atoms with Crippen LogP contribution in [0, 0.1) is 0 Å². The molecule has 0 heterocycles. The molecule has 0 amide bonds. The molecule has 0 aromatic carbocycles. The van der Waals surface area contributed by atoms with E-state index in [0.29, 0.717) is 12.8 Å². The molecule has 1 fully saturated rings. The summed E-state index contributed by atoms with van der Waals surface area (Å²) < 4.78 is 47.1. The minimum absolute atomic E-state index is 0.426. The van der Waals surface area contributed by atoms with Crippen molar-refractivity contribution in [1.82, 2.24) is 0 Å². The van der Waals surface area contributed by atoms with Crippen molar-refractivity contribution in [2.24, 2.45) is 0 Å². The Kier molecular flexibility index (Phi) is 4.69. The number of sulfone groups is 2. The average Bonchev–Trinajstić information content (AvgIpc) is 2.30. The van der Waals surface area contributed by atoms with Crippen molar-refractivity contribution in [2.45, 2.75) is 56.5 Å². The first-order chi connectivity index (χ1) is 8.24. The van der Waals surface area contributed by atoms with Crippen molar-refractivity contribution in [3.8, 4) is 0 Å². The second-order valence-electron chi connectivity index (χ2n) is 4.76. The smallest absolute Gasteiger partial charge is 0.359 e. The summed E-state index contributed by atoms with van der Waals surface area (Å²) in [6.07, 6.45) is 3.31. The highest BCUT2D eigenvalue weighted by atomic mass is 32.3. The minimum atomic E-state index is -4.08. The fourth-order valence-corrected chi connectivity index (χ4v) is 6.15. The van der Waals surface area contributed by atoms with E-state index in [4.69, 9.17) is 5.53 Å². The van der Waals surface area contributed by atoms with E-state index < -0.39 is 34.6 Å². The molecule has 0 unspecified atom stereocenters. The zero-order chi connectivity index (χ0) is 14.0. The summed E-state index contributed by atoms with van der Waals surface area (Å²) in [6.45, 7) is 2.72. The molecule has 6 nitrogen and oxygen atoms in total. The predicted octanol–water partition coefficient (Wildman–Crippen LogP) is 1.14. The van der Waals surface area contributed by atoms with Gasteiger partial charge in [0.1, 0.15) is 0 Å². The Morgan fingerprint density at radius 2 is 1.61 bits per heavy atom. The third-order valence-electron chi connectivity index (χ3n) is 3.18. The third-order valence-corrected chi connectivity index (χ3v) is 8.30. The molecule has 0 atom stereocenters. The molecule has 1 aliphatic carbocycles. The van der Waals surface area contributed by atoms with Gasteiger partial charge < -0.3 is 5.53 Å². The van der Waals surface area contributed by atoms with E-state index >= 15 is 0 Å². The van der Waals surface area contributed by atoms with Gasteiger partial charge in [-0.15, -0.1) is 4.79 Å². The van der Waals surface area contributed by atoms with Crippen molar-refractivity contribution in [1.29, 1.82) is 0 Å². The Morgan fingerprint density at radius 1 is 1.11 bits per heavy atom. The summed E-state index contributed by atoms with van der Waals surface area (Å²) >= 11 is 0. The molecule has 0 aliphatic heterocycles. The van der Waals surface area contributed by atoms with Gasteiger partial charge in [0.2, 0.25) is 0 Å². The van der Waals surface area contributed by atoms with E-state index in [1.807, 2.05) is 0 Å². The van der Waals surface area contributed by atoms with E-state index in [-0.39, 0.29) is 0 Å². The first-order valence-corrected chi connectivity index (χ1v) is 9.03. The Balaban J connectivity index is 3.22. The second-order valence-corrected chi connectivity index (χ2v) is 9.59. The van der Waals surface area contributed by atoms with Crippen molar-refractivity contribution in [3.63, 3.8) is 0 Å². The summed E-state index contributed by atoms with van der Waals surface area (Å²) in [6, 6.07) is 0. The lowest BCUT2D eigenvalue weighted by Gasteiger charge is -2.19. The van der Waals surface area contributed by atoms with Gasteiger partial charge in [-0.3, -0.25) is 0 Å². The highest BCUT2D eigenvalue weighted by Gasteiger charge is 2.47. The maximum Gasteiger partial charge on any atom is 0.495 e. The third kappa shape index (κ3) is 2.81. The molecule has 1 rings (SSSR count). The van der Waals surface area contributed by atoms with Crippen LogP contribution in [0.3, 0.4) is 0 Å². The van der Waals surface area contributed by atoms with Gasteiger partial charge in [0.25, 0.3) is 19.7 Å². The Hall–Kier alpha value is -0.720. The summed E-state index contributed by atoms with van der Waals surface area (Å²) in [5, 5.41) is -1.67. The SMILES string of the molecule is CC(C)S(=O)(=O)C(=[N+]=[N-])S(=O)(=O)C1CCCCC1. The Labute approximate surface area is 108 Å². The molecular formula is C10H18N2O4S2. The fraction of sp³-hybridized carbons (Fsp3) is 0.900. The van der Waals surface area contributed by atoms with E-state index in [0.717, 1.165) is 19.3 Å². The maximum atomic E-state index is 12.2. The molecule has 0 bridgehead atoms. The molecule has 0 saturated heterocycles. The van der Waals surface area contributed by atoms with Crippen LogP contribution < -0.4 is 0 Å². The van der Waals surface area contributed by atoms with Gasteiger partial charge in [0.15, 0.2) is 0 Å². The maximum absolute atomic E-state index is 12.2. The first kappa shape index (κ1) is 15.3. The van der Waals surface area contributed by atoms with Crippen molar-refractivity contribution >= 4 is 24.1 Å². The number of nitrogens with zero attached hydrogens (tertiary/aromatic N) is 2. The van der Waals surface area contributed by atoms with Gasteiger partial charge in [-0.05, 0) is 26.7 Å². The molecule has 0 N–H and O–H groups in total. The molecule has 104 valence electrons. The highest BCUT2D eigenvalue weighted by Crippen LogP contribution is 2.26. The minimum Gasteiger partial charge on any atom is -0.359 e. The van der Waals surface area contributed by atoms with Crippen molar-refractivity contribution in [3.05, 3.63) is 5.53 Å². The molecule has 0 aromatic heterocycles. The quantitative estimate of drug-likeness (QED) is 0.329. The lowest BCUT2D eigenvalue weighted by molar-refractivity contribution is 0.00365. The van der Waals surface area contributed by atoms with E-state index in [9.17, 15) is 16.8 Å². The number of rotatable bonds is 2. The molecule has 1 aliphatic rings. The van der Waals surface area contributed by atoms with Crippen LogP contribution in [0.5, 0.6) is 0 Å². The largest absolute Gasteiger partial charge is 0.495 e. The van der Waals surface area contributed by atoms with E-state index in [1.54, 1.807) is 0 Å². The van der Waals surface area contributed by atoms with E-state index in [2.05, 4.69) is 4.79 Å². The van der Waals surface area contributed by atoms with Gasteiger partial charge >= 0.3 is 4.38 Å². The number of hydrogen-bond donors (Lipinski definition) is 0. The van der Waals surface area contributed by atoms with E-state index in [1.165, 1.54) is 13.8 Å². The lowest BCUT2D eigenvalue weighted by atomic mass is 10.0. The van der Waals surface area contributed by atoms with Gasteiger partial charge in [-0.2, -0.15) is 0 Å². The van der Waals surface area contributed by atoms with Crippen LogP contribution in [0.1, 0.15) is 46.0 Å². The van der Waals surface area contributed by atoms with Crippen LogP contribution in [0.2, 0.25) is 0 Å². The Bertz CT molecular complexity index is 551. The van der Waals surface area contributed by atoms with Crippen LogP contribution in [-0.4, -0.2) is 36.5 Å². The van der Waals surface area contributed by atoms with Crippen LogP contribution >= 0.6 is 0 Å². The van der Waals surface area contributed by atoms with Crippen molar-refractivity contribution in [2.75, 3.05) is 0 Å². The zero-order valence-electron chi connectivity index (χ0n) is 10.5. The molecule has 8 heteroatoms. The van der Waals surface area contributed by atoms with Gasteiger partial charge in [0.05, 0.1) is 10.5 Å². The standard InChI is InChI=1S/C10H18N2O4S2/c1-8(2)17(13,14)10(12-11)18(15,16)9-6-4-3-5-7-9/h8-9H,3-7H2,1-2H3. The van der Waals surface area contributed by atoms with Gasteiger partial charge in [-0.1, -0.05) is 19.3 Å². The fourth-order valence-electron chi connectivity index (χ4n) is 2.00. The lowest BCUT2D eigenvalue weighted by Crippen LogP contribution is -2.38. The van der Waals surface area contributed by atoms with Gasteiger partial charge in [-0.25, -0.2) is 16.8 Å². The molecule has 0 aromatic rings. The summed E-state index contributed by atoms with van der Waals surface area (Å²) in [5.41, 5.74) is 8.81. The van der Waals surface area contributed by atoms with Crippen LogP contribution in [-0.2, 0) is 19.7 Å². The predicted molar refractivity (Wildman–Crippen MR) is 68.5 cm³/mol. The summed E-state index contributed by atoms with van der Waals surface area (Å²) in [5.74, 6) is 0. The molecule has 18 heavy (non-hydrogen) atoms. The number of hydrogen-bond acceptors (Lipinski definition) is 4. The van der Waals surface area contributed by atoms with Crippen LogP contribution in [0.25, 0.3) is 5.53 Å².